The summed E-state index contributed by atoms with van der Waals surface area (Å²) in [4.78, 5) is 0. The normalized spacial score (nSPS) is 10.4. The van der Waals surface area contributed by atoms with Crippen LogP contribution in [0.15, 0.2) is 41.0 Å². The van der Waals surface area contributed by atoms with E-state index in [4.69, 9.17) is 14.9 Å². The van der Waals surface area contributed by atoms with Crippen LogP contribution in [0, 0.1) is 0 Å². The summed E-state index contributed by atoms with van der Waals surface area (Å²) >= 11 is 0. The largest absolute Gasteiger partial charge is 0.493 e. The van der Waals surface area contributed by atoms with Crippen molar-refractivity contribution in [3.05, 3.63) is 42.4 Å². The van der Waals surface area contributed by atoms with E-state index in [1.165, 1.54) is 0 Å². The standard InChI is InChI=1S/C13H15NO2/c1-2-15-12-6-4-3-5-10(12)11-7-8-16-13(11)9-14/h3-8H,2,9,14H2,1H3. The smallest absolute Gasteiger partial charge is 0.127 e. The summed E-state index contributed by atoms with van der Waals surface area (Å²) < 4.78 is 10.9. The van der Waals surface area contributed by atoms with Crippen molar-refractivity contribution in [3.63, 3.8) is 0 Å². The van der Waals surface area contributed by atoms with Crippen molar-refractivity contribution < 1.29 is 9.15 Å². The maximum Gasteiger partial charge on any atom is 0.127 e. The SMILES string of the molecule is CCOc1ccccc1-c1ccoc1CN. The van der Waals surface area contributed by atoms with Crippen LogP contribution < -0.4 is 10.5 Å². The third-order valence-corrected chi connectivity index (χ3v) is 2.41. The molecule has 3 nitrogen and oxygen atoms in total. The quantitative estimate of drug-likeness (QED) is 0.856. The van der Waals surface area contributed by atoms with E-state index in [2.05, 4.69) is 0 Å². The third kappa shape index (κ3) is 1.95. The van der Waals surface area contributed by atoms with E-state index in [1.807, 2.05) is 37.3 Å². The van der Waals surface area contributed by atoms with E-state index in [-0.39, 0.29) is 0 Å². The van der Waals surface area contributed by atoms with Crippen molar-refractivity contribution >= 4 is 0 Å². The Bertz CT molecular complexity index is 462. The molecule has 0 radical (unpaired) electrons. The second-order valence-electron chi connectivity index (χ2n) is 3.39. The molecule has 2 N–H and O–H groups in total. The molecule has 0 unspecified atom stereocenters. The van der Waals surface area contributed by atoms with Gasteiger partial charge in [-0.1, -0.05) is 18.2 Å². The summed E-state index contributed by atoms with van der Waals surface area (Å²) in [6.07, 6.45) is 1.65. The summed E-state index contributed by atoms with van der Waals surface area (Å²) in [5, 5.41) is 0. The highest BCUT2D eigenvalue weighted by Gasteiger charge is 2.11. The highest BCUT2D eigenvalue weighted by molar-refractivity contribution is 5.71. The van der Waals surface area contributed by atoms with Gasteiger partial charge in [0.2, 0.25) is 0 Å². The van der Waals surface area contributed by atoms with Crippen LogP contribution in [-0.4, -0.2) is 6.61 Å². The molecule has 3 heteroatoms. The van der Waals surface area contributed by atoms with Crippen molar-refractivity contribution in [2.45, 2.75) is 13.5 Å². The number of ether oxygens (including phenoxy) is 1. The van der Waals surface area contributed by atoms with Gasteiger partial charge in [0.05, 0.1) is 19.4 Å². The maximum absolute atomic E-state index is 5.62. The number of hydrogen-bond donors (Lipinski definition) is 1. The summed E-state index contributed by atoms with van der Waals surface area (Å²) in [5.41, 5.74) is 7.65. The lowest BCUT2D eigenvalue weighted by Crippen LogP contribution is -1.98. The van der Waals surface area contributed by atoms with Gasteiger partial charge in [-0.05, 0) is 19.1 Å². The van der Waals surface area contributed by atoms with Crippen molar-refractivity contribution in [3.8, 4) is 16.9 Å². The molecule has 0 saturated heterocycles. The lowest BCUT2D eigenvalue weighted by atomic mass is 10.1. The van der Waals surface area contributed by atoms with E-state index in [1.54, 1.807) is 6.26 Å². The Morgan fingerprint density at radius 2 is 2.00 bits per heavy atom. The van der Waals surface area contributed by atoms with Gasteiger partial charge in [0.25, 0.3) is 0 Å². The minimum absolute atomic E-state index is 0.392. The molecule has 1 aromatic carbocycles. The van der Waals surface area contributed by atoms with Crippen LogP contribution in [0.1, 0.15) is 12.7 Å². The van der Waals surface area contributed by atoms with Crippen LogP contribution in [-0.2, 0) is 6.54 Å². The minimum Gasteiger partial charge on any atom is -0.493 e. The summed E-state index contributed by atoms with van der Waals surface area (Å²) in [6.45, 7) is 3.01. The first-order valence-corrected chi connectivity index (χ1v) is 5.35. The van der Waals surface area contributed by atoms with Gasteiger partial charge in [-0.2, -0.15) is 0 Å². The number of rotatable bonds is 4. The van der Waals surface area contributed by atoms with Crippen LogP contribution in [0.5, 0.6) is 5.75 Å². The van der Waals surface area contributed by atoms with Crippen LogP contribution in [0.2, 0.25) is 0 Å². The van der Waals surface area contributed by atoms with Gasteiger partial charge in [-0.25, -0.2) is 0 Å². The summed E-state index contributed by atoms with van der Waals surface area (Å²) in [7, 11) is 0. The molecule has 84 valence electrons. The fraction of sp³-hybridized carbons (Fsp3) is 0.231. The van der Waals surface area contributed by atoms with Crippen LogP contribution in [0.25, 0.3) is 11.1 Å². The molecule has 0 spiro atoms. The van der Waals surface area contributed by atoms with E-state index in [0.29, 0.717) is 13.2 Å². The number of benzene rings is 1. The molecule has 0 aliphatic heterocycles. The monoisotopic (exact) mass is 217 g/mol. The molecular weight excluding hydrogens is 202 g/mol. The molecule has 0 bridgehead atoms. The Morgan fingerprint density at radius 3 is 2.75 bits per heavy atom. The average molecular weight is 217 g/mol. The Hall–Kier alpha value is -1.74. The minimum atomic E-state index is 0.392. The van der Waals surface area contributed by atoms with Gasteiger partial charge >= 0.3 is 0 Å². The lowest BCUT2D eigenvalue weighted by Gasteiger charge is -2.09. The van der Waals surface area contributed by atoms with E-state index in [9.17, 15) is 0 Å². The van der Waals surface area contributed by atoms with Crippen molar-refractivity contribution in [1.82, 2.24) is 0 Å². The lowest BCUT2D eigenvalue weighted by molar-refractivity contribution is 0.341. The highest BCUT2D eigenvalue weighted by Crippen LogP contribution is 2.32. The Morgan fingerprint density at radius 1 is 1.19 bits per heavy atom. The molecule has 0 atom stereocenters. The Kier molecular flexibility index (Phi) is 3.27. The van der Waals surface area contributed by atoms with Gasteiger partial charge in [0, 0.05) is 11.1 Å². The van der Waals surface area contributed by atoms with Gasteiger partial charge < -0.3 is 14.9 Å². The number of para-hydroxylation sites is 1. The zero-order valence-electron chi connectivity index (χ0n) is 9.27. The molecule has 0 amide bonds. The van der Waals surface area contributed by atoms with E-state index >= 15 is 0 Å². The molecule has 2 aromatic rings. The molecule has 1 aromatic heterocycles. The number of furan rings is 1. The van der Waals surface area contributed by atoms with Crippen molar-refractivity contribution in [2.24, 2.45) is 5.73 Å². The molecule has 0 aliphatic carbocycles. The molecule has 1 heterocycles. The maximum atomic E-state index is 5.62. The van der Waals surface area contributed by atoms with Crippen LogP contribution in [0.3, 0.4) is 0 Å². The first kappa shape index (κ1) is 10.8. The molecule has 2 rings (SSSR count). The molecule has 0 saturated carbocycles. The molecular formula is C13H15NO2. The van der Waals surface area contributed by atoms with Gasteiger partial charge in [0.15, 0.2) is 0 Å². The summed E-state index contributed by atoms with van der Waals surface area (Å²) in [5.74, 6) is 1.65. The van der Waals surface area contributed by atoms with Crippen molar-refractivity contribution in [1.29, 1.82) is 0 Å². The third-order valence-electron chi connectivity index (χ3n) is 2.41. The molecule has 0 aliphatic rings. The van der Waals surface area contributed by atoms with Gasteiger partial charge in [-0.15, -0.1) is 0 Å². The second kappa shape index (κ2) is 4.86. The van der Waals surface area contributed by atoms with E-state index < -0.39 is 0 Å². The fourth-order valence-electron chi connectivity index (χ4n) is 1.71. The van der Waals surface area contributed by atoms with Crippen molar-refractivity contribution in [2.75, 3.05) is 6.61 Å². The fourth-order valence-corrected chi connectivity index (χ4v) is 1.71. The average Bonchev–Trinajstić information content (AvgIpc) is 2.78. The zero-order valence-corrected chi connectivity index (χ0v) is 9.27. The zero-order chi connectivity index (χ0) is 11.4. The number of nitrogens with two attached hydrogens (primary N) is 1. The van der Waals surface area contributed by atoms with E-state index in [0.717, 1.165) is 22.6 Å². The van der Waals surface area contributed by atoms with Gasteiger partial charge in [-0.3, -0.25) is 0 Å². The summed E-state index contributed by atoms with van der Waals surface area (Å²) in [6, 6.07) is 9.81. The Labute approximate surface area is 94.8 Å². The number of hydrogen-bond acceptors (Lipinski definition) is 3. The predicted molar refractivity (Wildman–Crippen MR) is 63.2 cm³/mol. The van der Waals surface area contributed by atoms with Crippen LogP contribution in [0.4, 0.5) is 0 Å². The Balaban J connectivity index is 2.46. The molecule has 0 fully saturated rings. The van der Waals surface area contributed by atoms with Crippen LogP contribution >= 0.6 is 0 Å². The first-order valence-electron chi connectivity index (χ1n) is 5.35. The van der Waals surface area contributed by atoms with Gasteiger partial charge in [0.1, 0.15) is 11.5 Å². The predicted octanol–water partition coefficient (Wildman–Crippen LogP) is 2.80. The molecule has 16 heavy (non-hydrogen) atoms. The topological polar surface area (TPSA) is 48.4 Å². The highest BCUT2D eigenvalue weighted by atomic mass is 16.5. The first-order chi connectivity index (χ1) is 7.86. The second-order valence-corrected chi connectivity index (χ2v) is 3.39.